The van der Waals surface area contributed by atoms with Crippen LogP contribution in [0.4, 0.5) is 0 Å². The summed E-state index contributed by atoms with van der Waals surface area (Å²) in [6.07, 6.45) is 0.991. The van der Waals surface area contributed by atoms with Crippen molar-refractivity contribution < 1.29 is 20.1 Å². The van der Waals surface area contributed by atoms with Gasteiger partial charge in [-0.15, -0.1) is 0 Å². The van der Waals surface area contributed by atoms with E-state index in [1.54, 1.807) is 6.08 Å². The van der Waals surface area contributed by atoms with Crippen LogP contribution in [0.1, 0.15) is 18.7 Å². The number of rotatable bonds is 9. The SMILES string of the molecule is Cc1nc(-c2ccccc2)c(-c2ccccc2)n1CC=CC(O)CC(O)CC(=O)O. The Kier molecular flexibility index (Phi) is 7.17. The van der Waals surface area contributed by atoms with Crippen LogP contribution in [0.2, 0.25) is 0 Å². The topological polar surface area (TPSA) is 95.6 Å². The Balaban J connectivity index is 1.86. The molecule has 3 N–H and O–H groups in total. The fourth-order valence-corrected chi connectivity index (χ4v) is 3.44. The molecule has 1 aromatic heterocycles. The number of imidazole rings is 1. The van der Waals surface area contributed by atoms with E-state index in [4.69, 9.17) is 10.1 Å². The lowest BCUT2D eigenvalue weighted by Gasteiger charge is -2.12. The Morgan fingerprint density at radius 2 is 1.63 bits per heavy atom. The zero-order chi connectivity index (χ0) is 21.5. The van der Waals surface area contributed by atoms with Crippen LogP contribution in [0.5, 0.6) is 0 Å². The number of carbonyl (C=O) groups is 1. The third-order valence-electron chi connectivity index (χ3n) is 4.82. The van der Waals surface area contributed by atoms with Gasteiger partial charge in [-0.1, -0.05) is 72.8 Å². The third-order valence-corrected chi connectivity index (χ3v) is 4.82. The first-order valence-electron chi connectivity index (χ1n) is 9.88. The number of aliphatic hydroxyl groups excluding tert-OH is 2. The predicted molar refractivity (Wildman–Crippen MR) is 116 cm³/mol. The van der Waals surface area contributed by atoms with Crippen molar-refractivity contribution in [2.75, 3.05) is 0 Å². The van der Waals surface area contributed by atoms with E-state index in [2.05, 4.69) is 4.57 Å². The van der Waals surface area contributed by atoms with E-state index < -0.39 is 18.2 Å². The molecule has 0 amide bonds. The summed E-state index contributed by atoms with van der Waals surface area (Å²) in [6.45, 7) is 2.43. The Bertz CT molecular complexity index is 997. The van der Waals surface area contributed by atoms with Crippen LogP contribution < -0.4 is 0 Å². The highest BCUT2D eigenvalue weighted by molar-refractivity contribution is 5.79. The van der Waals surface area contributed by atoms with E-state index in [1.807, 2.05) is 73.7 Å². The van der Waals surface area contributed by atoms with Gasteiger partial charge in [-0.05, 0) is 6.92 Å². The van der Waals surface area contributed by atoms with E-state index >= 15 is 0 Å². The number of benzene rings is 2. The number of aliphatic carboxylic acids is 1. The van der Waals surface area contributed by atoms with Crippen molar-refractivity contribution in [2.24, 2.45) is 0 Å². The van der Waals surface area contributed by atoms with E-state index in [0.29, 0.717) is 6.54 Å². The number of aromatic nitrogens is 2. The molecule has 0 bridgehead atoms. The molecule has 1 heterocycles. The minimum atomic E-state index is -1.09. The minimum Gasteiger partial charge on any atom is -0.481 e. The molecular weight excluding hydrogens is 380 g/mol. The Hall–Kier alpha value is -3.22. The molecule has 0 spiro atoms. The van der Waals surface area contributed by atoms with Crippen molar-refractivity contribution in [3.63, 3.8) is 0 Å². The van der Waals surface area contributed by atoms with E-state index in [1.165, 1.54) is 0 Å². The number of carboxylic acids is 1. The van der Waals surface area contributed by atoms with Gasteiger partial charge in [0.25, 0.3) is 0 Å². The number of allylic oxidation sites excluding steroid dienone is 1. The summed E-state index contributed by atoms with van der Waals surface area (Å²) in [5.41, 5.74) is 3.95. The molecule has 6 nitrogen and oxygen atoms in total. The van der Waals surface area contributed by atoms with Gasteiger partial charge in [0, 0.05) is 24.1 Å². The van der Waals surface area contributed by atoms with Gasteiger partial charge in [0.05, 0.1) is 30.0 Å². The highest BCUT2D eigenvalue weighted by atomic mass is 16.4. The van der Waals surface area contributed by atoms with Crippen molar-refractivity contribution in [1.29, 1.82) is 0 Å². The summed E-state index contributed by atoms with van der Waals surface area (Å²) >= 11 is 0. The zero-order valence-corrected chi connectivity index (χ0v) is 16.8. The molecule has 0 saturated heterocycles. The van der Waals surface area contributed by atoms with E-state index in [-0.39, 0.29) is 12.8 Å². The van der Waals surface area contributed by atoms with Crippen LogP contribution in [-0.2, 0) is 11.3 Å². The fraction of sp³-hybridized carbons (Fsp3) is 0.250. The van der Waals surface area contributed by atoms with Crippen molar-refractivity contribution in [3.8, 4) is 22.5 Å². The van der Waals surface area contributed by atoms with Crippen LogP contribution in [0.25, 0.3) is 22.5 Å². The molecule has 0 aliphatic heterocycles. The molecular formula is C24H26N2O4. The summed E-state index contributed by atoms with van der Waals surface area (Å²) in [5.74, 6) is -0.244. The van der Waals surface area contributed by atoms with Gasteiger partial charge >= 0.3 is 5.97 Å². The minimum absolute atomic E-state index is 0.0213. The summed E-state index contributed by atoms with van der Waals surface area (Å²) in [4.78, 5) is 15.4. The second kappa shape index (κ2) is 10.0. The predicted octanol–water partition coefficient (Wildman–Crippen LogP) is 3.67. The number of hydrogen-bond acceptors (Lipinski definition) is 4. The first-order valence-corrected chi connectivity index (χ1v) is 9.88. The molecule has 2 atom stereocenters. The Labute approximate surface area is 175 Å². The third kappa shape index (κ3) is 5.43. The van der Waals surface area contributed by atoms with Crippen LogP contribution >= 0.6 is 0 Å². The summed E-state index contributed by atoms with van der Waals surface area (Å²) in [7, 11) is 0. The van der Waals surface area contributed by atoms with E-state index in [9.17, 15) is 15.0 Å². The van der Waals surface area contributed by atoms with Gasteiger partial charge in [0.2, 0.25) is 0 Å². The molecule has 3 aromatic rings. The number of hydrogen-bond donors (Lipinski definition) is 3. The average molecular weight is 406 g/mol. The van der Waals surface area contributed by atoms with Crippen molar-refractivity contribution >= 4 is 5.97 Å². The average Bonchev–Trinajstić information content (AvgIpc) is 3.05. The van der Waals surface area contributed by atoms with Crippen molar-refractivity contribution in [3.05, 3.63) is 78.6 Å². The van der Waals surface area contributed by atoms with Crippen LogP contribution in [0.15, 0.2) is 72.8 Å². The smallest absolute Gasteiger partial charge is 0.305 e. The normalized spacial score (nSPS) is 13.4. The molecule has 3 rings (SSSR count). The quantitative estimate of drug-likeness (QED) is 0.471. The molecule has 156 valence electrons. The lowest BCUT2D eigenvalue weighted by atomic mass is 10.0. The number of aryl methyl sites for hydroxylation is 1. The summed E-state index contributed by atoms with van der Waals surface area (Å²) < 4.78 is 2.08. The van der Waals surface area contributed by atoms with Gasteiger partial charge in [0.1, 0.15) is 5.82 Å². The van der Waals surface area contributed by atoms with Crippen LogP contribution in [0.3, 0.4) is 0 Å². The molecule has 6 heteroatoms. The van der Waals surface area contributed by atoms with Crippen LogP contribution in [-0.4, -0.2) is 43.0 Å². The van der Waals surface area contributed by atoms with Crippen molar-refractivity contribution in [2.45, 2.75) is 38.5 Å². The largest absolute Gasteiger partial charge is 0.481 e. The maximum Gasteiger partial charge on any atom is 0.305 e. The molecule has 0 aliphatic carbocycles. The van der Waals surface area contributed by atoms with Gasteiger partial charge in [-0.3, -0.25) is 4.79 Å². The lowest BCUT2D eigenvalue weighted by Crippen LogP contribution is -2.19. The first-order chi connectivity index (χ1) is 14.5. The number of nitrogens with zero attached hydrogens (tertiary/aromatic N) is 2. The second-order valence-electron chi connectivity index (χ2n) is 7.18. The zero-order valence-electron chi connectivity index (χ0n) is 16.8. The molecule has 0 aliphatic rings. The first kappa shape index (κ1) is 21.5. The van der Waals surface area contributed by atoms with Gasteiger partial charge < -0.3 is 19.9 Å². The van der Waals surface area contributed by atoms with Crippen LogP contribution in [0, 0.1) is 6.92 Å². The molecule has 2 unspecified atom stereocenters. The molecule has 0 saturated carbocycles. The Morgan fingerprint density at radius 1 is 1.03 bits per heavy atom. The molecule has 0 fully saturated rings. The monoisotopic (exact) mass is 406 g/mol. The maximum atomic E-state index is 10.6. The van der Waals surface area contributed by atoms with Gasteiger partial charge in [0.15, 0.2) is 0 Å². The maximum absolute atomic E-state index is 10.6. The number of carboxylic acid groups (broad SMARTS) is 1. The Morgan fingerprint density at radius 3 is 2.23 bits per heavy atom. The van der Waals surface area contributed by atoms with Crippen molar-refractivity contribution in [1.82, 2.24) is 9.55 Å². The molecule has 0 radical (unpaired) electrons. The standard InChI is InChI=1S/C24H26N2O4/c1-17-25-23(18-9-4-2-5-10-18)24(19-11-6-3-7-12-19)26(17)14-8-13-20(27)15-21(28)16-22(29)30/h2-13,20-21,27-28H,14-16H2,1H3,(H,29,30). The second-order valence-corrected chi connectivity index (χ2v) is 7.18. The number of aliphatic hydroxyl groups is 2. The van der Waals surface area contributed by atoms with Gasteiger partial charge in [-0.25, -0.2) is 4.98 Å². The molecule has 30 heavy (non-hydrogen) atoms. The summed E-state index contributed by atoms with van der Waals surface area (Å²) in [6, 6.07) is 20.0. The summed E-state index contributed by atoms with van der Waals surface area (Å²) in [5, 5.41) is 28.5. The highest BCUT2D eigenvalue weighted by Gasteiger charge is 2.17. The van der Waals surface area contributed by atoms with E-state index in [0.717, 1.165) is 28.3 Å². The fourth-order valence-electron chi connectivity index (χ4n) is 3.44. The van der Waals surface area contributed by atoms with Gasteiger partial charge in [-0.2, -0.15) is 0 Å². The molecule has 2 aromatic carbocycles. The highest BCUT2D eigenvalue weighted by Crippen LogP contribution is 2.32. The lowest BCUT2D eigenvalue weighted by molar-refractivity contribution is -0.139.